The zero-order valence-corrected chi connectivity index (χ0v) is 22.0. The molecule has 5 rings (SSSR count). The molecule has 2 saturated carbocycles. The molecule has 0 amide bonds. The second kappa shape index (κ2) is 9.98. The number of nitrogens with two attached hydrogens (primary N) is 2. The molecule has 0 radical (unpaired) electrons. The van der Waals surface area contributed by atoms with E-state index < -0.39 is 0 Å². The minimum Gasteiger partial charge on any atom is -0.488 e. The Hall–Kier alpha value is -2.31. The Morgan fingerprint density at radius 2 is 2.00 bits per heavy atom. The molecule has 186 valence electrons. The molecule has 5 unspecified atom stereocenters. The smallest absolute Gasteiger partial charge is 0.157 e. The van der Waals surface area contributed by atoms with Gasteiger partial charge in [-0.25, -0.2) is 5.84 Å². The number of hydrogen-bond acceptors (Lipinski definition) is 5. The van der Waals surface area contributed by atoms with Gasteiger partial charge in [0, 0.05) is 18.3 Å². The van der Waals surface area contributed by atoms with Crippen molar-refractivity contribution in [1.29, 1.82) is 0 Å². The van der Waals surface area contributed by atoms with E-state index in [0.717, 1.165) is 42.3 Å². The lowest BCUT2D eigenvalue weighted by molar-refractivity contribution is -0.128. The van der Waals surface area contributed by atoms with E-state index >= 15 is 0 Å². The number of carbonyl (C=O) groups is 1. The van der Waals surface area contributed by atoms with Crippen LogP contribution in [-0.2, 0) is 17.8 Å². The number of aryl methyl sites for hydroxylation is 1. The van der Waals surface area contributed by atoms with Crippen LogP contribution in [0.5, 0.6) is 5.75 Å². The van der Waals surface area contributed by atoms with Crippen molar-refractivity contribution in [2.75, 3.05) is 6.54 Å². The fraction of sp³-hybridized carbons (Fsp3) is 0.483. The maximum absolute atomic E-state index is 13.2. The number of fused-ring (bicyclic) bond motifs is 5. The summed E-state index contributed by atoms with van der Waals surface area (Å²) in [4.78, 5) is 13.2. The fourth-order valence-electron chi connectivity index (χ4n) is 7.40. The number of nitrogens with zero attached hydrogens (tertiary/aromatic N) is 1. The molecule has 5 atom stereocenters. The number of rotatable bonds is 7. The van der Waals surface area contributed by atoms with Crippen LogP contribution in [0.15, 0.2) is 59.3 Å². The van der Waals surface area contributed by atoms with E-state index in [4.69, 9.17) is 16.3 Å². The van der Waals surface area contributed by atoms with E-state index in [1.165, 1.54) is 34.3 Å². The van der Waals surface area contributed by atoms with Crippen LogP contribution in [0.25, 0.3) is 0 Å². The van der Waals surface area contributed by atoms with Crippen molar-refractivity contribution in [3.05, 3.63) is 76.0 Å². The Bertz CT molecular complexity index is 1100. The third-order valence-corrected chi connectivity index (χ3v) is 9.64. The van der Waals surface area contributed by atoms with Gasteiger partial charge < -0.3 is 15.5 Å². The topological polar surface area (TPSA) is 81.6 Å². The van der Waals surface area contributed by atoms with E-state index in [1.807, 2.05) is 18.2 Å². The first kappa shape index (κ1) is 24.4. The van der Waals surface area contributed by atoms with Gasteiger partial charge in [-0.3, -0.25) is 4.79 Å². The van der Waals surface area contributed by atoms with Crippen LogP contribution in [0.4, 0.5) is 0 Å². The van der Waals surface area contributed by atoms with Gasteiger partial charge in [-0.15, -0.1) is 0 Å². The highest BCUT2D eigenvalue weighted by Gasteiger charge is 2.56. The lowest BCUT2D eigenvalue weighted by Crippen LogP contribution is -2.46. The summed E-state index contributed by atoms with van der Waals surface area (Å²) in [5.74, 6) is 9.01. The molecule has 35 heavy (non-hydrogen) atoms. The predicted molar refractivity (Wildman–Crippen MR) is 142 cm³/mol. The van der Waals surface area contributed by atoms with Crippen LogP contribution in [0, 0.1) is 23.2 Å². The highest BCUT2D eigenvalue weighted by Crippen LogP contribution is 2.63. The average molecular weight is 539 g/mol. The molecule has 0 heterocycles. The lowest BCUT2D eigenvalue weighted by atomic mass is 9.54. The van der Waals surface area contributed by atoms with E-state index in [1.54, 1.807) is 6.20 Å². The van der Waals surface area contributed by atoms with Crippen LogP contribution in [0.3, 0.4) is 0 Å². The van der Waals surface area contributed by atoms with Crippen molar-refractivity contribution < 1.29 is 9.53 Å². The summed E-state index contributed by atoms with van der Waals surface area (Å²) in [6.07, 6.45) is 9.57. The maximum atomic E-state index is 13.2. The quantitative estimate of drug-likeness (QED) is 0.351. The third kappa shape index (κ3) is 4.63. The van der Waals surface area contributed by atoms with E-state index in [-0.39, 0.29) is 23.7 Å². The molecule has 2 aromatic carbocycles. The van der Waals surface area contributed by atoms with Gasteiger partial charge in [-0.05, 0) is 106 Å². The van der Waals surface area contributed by atoms with Gasteiger partial charge in [-0.1, -0.05) is 37.3 Å². The third-order valence-electron chi connectivity index (χ3n) is 9.02. The molecule has 2 aromatic rings. The van der Waals surface area contributed by atoms with Gasteiger partial charge in [0.05, 0.1) is 11.0 Å². The number of ether oxygens (including phenoxy) is 1. The van der Waals surface area contributed by atoms with Gasteiger partial charge in [0.25, 0.3) is 0 Å². The minimum atomic E-state index is 0.0684. The van der Waals surface area contributed by atoms with Crippen molar-refractivity contribution in [1.82, 2.24) is 5.01 Å². The number of hydrazine groups is 1. The predicted octanol–water partition coefficient (Wildman–Crippen LogP) is 5.68. The standard InChI is InChI=1S/C29H36BrN3O2/c1-29-12-11-21-22(24(29)9-10-25(29)27(34)17-33(32)14-13-31)8-7-20-15-28(26(30)16-23(20)21)35-18-19-5-3-2-4-6-19/h2-6,13-16,21-22,24-25H,7-12,17-18,31-32H2,1H3/b14-13-. The Morgan fingerprint density at radius 3 is 2.77 bits per heavy atom. The van der Waals surface area contributed by atoms with Crippen molar-refractivity contribution in [2.45, 2.75) is 58.0 Å². The summed E-state index contributed by atoms with van der Waals surface area (Å²) in [5.41, 5.74) is 9.60. The number of ketones is 1. The summed E-state index contributed by atoms with van der Waals surface area (Å²) in [7, 11) is 0. The van der Waals surface area contributed by atoms with Crippen LogP contribution < -0.4 is 16.3 Å². The SMILES string of the molecule is CC12CCC3c4cc(Br)c(OCc5ccccc5)cc4CCC3C1CCC2C(=O)CN(N)/C=C\N. The first-order valence-corrected chi connectivity index (χ1v) is 13.6. The molecule has 3 aliphatic carbocycles. The molecule has 2 fully saturated rings. The molecule has 0 aliphatic heterocycles. The van der Waals surface area contributed by atoms with Gasteiger partial charge in [0.15, 0.2) is 5.78 Å². The van der Waals surface area contributed by atoms with Gasteiger partial charge in [0.2, 0.25) is 0 Å². The van der Waals surface area contributed by atoms with Gasteiger partial charge >= 0.3 is 0 Å². The van der Waals surface area contributed by atoms with E-state index in [2.05, 4.69) is 47.1 Å². The molecule has 0 saturated heterocycles. The second-order valence-electron chi connectivity index (χ2n) is 10.8. The fourth-order valence-corrected chi connectivity index (χ4v) is 7.87. The highest BCUT2D eigenvalue weighted by atomic mass is 79.9. The monoisotopic (exact) mass is 537 g/mol. The molecule has 0 bridgehead atoms. The molecular weight excluding hydrogens is 502 g/mol. The van der Waals surface area contributed by atoms with Crippen LogP contribution in [0.1, 0.15) is 61.6 Å². The summed E-state index contributed by atoms with van der Waals surface area (Å²) in [6, 6.07) is 14.9. The largest absolute Gasteiger partial charge is 0.488 e. The molecule has 3 aliphatic rings. The molecule has 6 heteroatoms. The molecule has 4 N–H and O–H groups in total. The van der Waals surface area contributed by atoms with Crippen LogP contribution >= 0.6 is 15.9 Å². The van der Waals surface area contributed by atoms with E-state index in [9.17, 15) is 4.79 Å². The first-order chi connectivity index (χ1) is 16.9. The number of carbonyl (C=O) groups excluding carboxylic acids is 1. The normalized spacial score (nSPS) is 29.3. The highest BCUT2D eigenvalue weighted by molar-refractivity contribution is 9.10. The summed E-state index contributed by atoms with van der Waals surface area (Å²) in [6.45, 7) is 3.17. The Balaban J connectivity index is 1.32. The zero-order chi connectivity index (χ0) is 24.6. The molecule has 0 aromatic heterocycles. The molecule has 5 nitrogen and oxygen atoms in total. The van der Waals surface area contributed by atoms with Gasteiger partial charge in [-0.2, -0.15) is 0 Å². The summed E-state index contributed by atoms with van der Waals surface area (Å²) in [5, 5.41) is 1.41. The van der Waals surface area contributed by atoms with Crippen molar-refractivity contribution in [3.63, 3.8) is 0 Å². The zero-order valence-electron chi connectivity index (χ0n) is 20.5. The Morgan fingerprint density at radius 1 is 1.20 bits per heavy atom. The first-order valence-electron chi connectivity index (χ1n) is 12.8. The van der Waals surface area contributed by atoms with Crippen molar-refractivity contribution >= 4 is 21.7 Å². The van der Waals surface area contributed by atoms with E-state index in [0.29, 0.717) is 24.4 Å². The number of halogens is 1. The number of Topliss-reactive ketones (excluding diaryl/α,β-unsaturated/α-hetero) is 1. The van der Waals surface area contributed by atoms with Crippen LogP contribution in [0.2, 0.25) is 0 Å². The van der Waals surface area contributed by atoms with Crippen molar-refractivity contribution in [3.8, 4) is 5.75 Å². The summed E-state index contributed by atoms with van der Waals surface area (Å²) < 4.78 is 7.23. The lowest BCUT2D eigenvalue weighted by Gasteiger charge is -2.51. The number of benzene rings is 2. The Kier molecular flexibility index (Phi) is 6.95. The maximum Gasteiger partial charge on any atom is 0.157 e. The second-order valence-corrected chi connectivity index (χ2v) is 11.7. The number of hydrogen-bond donors (Lipinski definition) is 2. The van der Waals surface area contributed by atoms with Crippen LogP contribution in [-0.4, -0.2) is 17.3 Å². The molecular formula is C29H36BrN3O2. The minimum absolute atomic E-state index is 0.0684. The molecule has 0 spiro atoms. The summed E-state index contributed by atoms with van der Waals surface area (Å²) >= 11 is 3.80. The van der Waals surface area contributed by atoms with Crippen molar-refractivity contribution in [2.24, 2.45) is 34.7 Å². The Labute approximate surface area is 217 Å². The van der Waals surface area contributed by atoms with Gasteiger partial charge in [0.1, 0.15) is 12.4 Å². The average Bonchev–Trinajstić information content (AvgIpc) is 3.21.